The molecule has 2 fully saturated rings. The second-order valence-corrected chi connectivity index (χ2v) is 10.5. The van der Waals surface area contributed by atoms with Crippen molar-refractivity contribution >= 4 is 0 Å². The number of rotatable bonds is 10. The number of nitrogens with zero attached hydrogens (tertiary/aromatic N) is 2. The first-order valence-electron chi connectivity index (χ1n) is 12.8. The highest BCUT2D eigenvalue weighted by Gasteiger charge is 2.55. The molecule has 0 bridgehead atoms. The van der Waals surface area contributed by atoms with Crippen LogP contribution in [0, 0.1) is 0 Å². The Hall–Kier alpha value is -2.22. The molecule has 2 saturated heterocycles. The first-order valence-corrected chi connectivity index (χ1v) is 12.8. The highest BCUT2D eigenvalue weighted by atomic mass is 16.8. The van der Waals surface area contributed by atoms with Gasteiger partial charge in [-0.05, 0) is 73.6 Å². The molecule has 3 heterocycles. The number of ether oxygens (including phenoxy) is 3. The van der Waals surface area contributed by atoms with Crippen LogP contribution in [0.1, 0.15) is 86.8 Å². The number of aromatic nitrogens is 2. The lowest BCUT2D eigenvalue weighted by Crippen LogP contribution is -2.43. The fraction of sp³-hybridized carbons (Fsp3) is 0.643. The largest absolute Gasteiger partial charge is 0.349 e. The first kappa shape index (κ1) is 27.4. The normalized spacial score (nSPS) is 26.1. The van der Waals surface area contributed by atoms with E-state index in [4.69, 9.17) is 14.2 Å². The van der Waals surface area contributed by atoms with E-state index in [9.17, 15) is 9.59 Å². The second-order valence-electron chi connectivity index (χ2n) is 10.5. The third kappa shape index (κ3) is 6.93. The van der Waals surface area contributed by atoms with Gasteiger partial charge in [0.1, 0.15) is 12.2 Å². The second kappa shape index (κ2) is 11.7. The minimum absolute atomic E-state index is 0.167. The van der Waals surface area contributed by atoms with Crippen molar-refractivity contribution in [1.29, 1.82) is 0 Å². The van der Waals surface area contributed by atoms with Crippen LogP contribution in [0.4, 0.5) is 0 Å². The number of hydrogen-bond acceptors (Lipinski definition) is 5. The van der Waals surface area contributed by atoms with Crippen LogP contribution >= 0.6 is 0 Å². The Kier molecular flexibility index (Phi) is 9.13. The molecule has 1 unspecified atom stereocenters. The summed E-state index contributed by atoms with van der Waals surface area (Å²) in [5.74, 6) is -0.735. The Balaban J connectivity index is 1.68. The van der Waals surface area contributed by atoms with Crippen LogP contribution in [0.25, 0.3) is 0 Å². The Bertz CT molecular complexity index is 1090. The molecule has 1 aromatic rings. The van der Waals surface area contributed by atoms with Gasteiger partial charge < -0.3 is 14.2 Å². The quantitative estimate of drug-likeness (QED) is 0.422. The van der Waals surface area contributed by atoms with Gasteiger partial charge in [0.2, 0.25) is 0 Å². The summed E-state index contributed by atoms with van der Waals surface area (Å²) >= 11 is 0. The molecule has 3 rings (SSSR count). The van der Waals surface area contributed by atoms with Gasteiger partial charge in [0.15, 0.2) is 12.0 Å². The summed E-state index contributed by atoms with van der Waals surface area (Å²) in [5.41, 5.74) is 3.17. The molecular formula is C28H42N2O5. The summed E-state index contributed by atoms with van der Waals surface area (Å²) in [6, 6.07) is 1.42. The summed E-state index contributed by atoms with van der Waals surface area (Å²) in [4.78, 5) is 25.8. The standard InChI is InChI=1S/C28H42N2O5/c1-8-22-24-25(35-28(6,7)34-24)26(33-22)30-18-16-23(31)29(27(30)32)17-15-21(5)14-10-13-20(4)12-9-11-19(2)3/h11,13,15-16,18,22,24-26H,8-10,12,14,17H2,1-7H3/b20-13+,21-15+/t22-,24+,25?,26-/m1/s1. The van der Waals surface area contributed by atoms with Crippen molar-refractivity contribution < 1.29 is 14.2 Å². The molecule has 0 N–H and O–H groups in total. The van der Waals surface area contributed by atoms with Crippen LogP contribution in [0.15, 0.2) is 56.8 Å². The van der Waals surface area contributed by atoms with E-state index in [1.54, 1.807) is 0 Å². The summed E-state index contributed by atoms with van der Waals surface area (Å²) in [7, 11) is 0. The van der Waals surface area contributed by atoms with Gasteiger partial charge in [0.25, 0.3) is 5.56 Å². The Morgan fingerprint density at radius 3 is 2.26 bits per heavy atom. The molecule has 7 heteroatoms. The zero-order valence-electron chi connectivity index (χ0n) is 22.4. The number of fused-ring (bicyclic) bond motifs is 1. The monoisotopic (exact) mass is 486 g/mol. The van der Waals surface area contributed by atoms with Crippen LogP contribution in [-0.2, 0) is 20.8 Å². The van der Waals surface area contributed by atoms with Crippen molar-refractivity contribution in [2.45, 2.75) is 117 Å². The SMILES string of the molecule is CC[C@H]1O[C@@H](n2ccc(=O)n(C/C=C(\C)CC/C=C(\C)CCC=C(C)C)c2=O)C2OC(C)(C)O[C@H]21. The van der Waals surface area contributed by atoms with Crippen molar-refractivity contribution in [3.63, 3.8) is 0 Å². The van der Waals surface area contributed by atoms with Gasteiger partial charge in [-0.2, -0.15) is 0 Å². The van der Waals surface area contributed by atoms with E-state index < -0.39 is 23.8 Å². The zero-order chi connectivity index (χ0) is 25.8. The fourth-order valence-corrected chi connectivity index (χ4v) is 4.69. The fourth-order valence-electron chi connectivity index (χ4n) is 4.69. The molecular weight excluding hydrogens is 444 g/mol. The highest BCUT2D eigenvalue weighted by molar-refractivity contribution is 5.06. The molecule has 0 radical (unpaired) electrons. The van der Waals surface area contributed by atoms with Crippen molar-refractivity contribution in [2.75, 3.05) is 0 Å². The van der Waals surface area contributed by atoms with E-state index in [-0.39, 0.29) is 24.3 Å². The maximum atomic E-state index is 13.3. The number of allylic oxidation sites excluding steroid dienone is 6. The molecule has 35 heavy (non-hydrogen) atoms. The molecule has 2 aliphatic heterocycles. The van der Waals surface area contributed by atoms with Gasteiger partial charge in [-0.3, -0.25) is 13.9 Å². The number of hydrogen-bond donors (Lipinski definition) is 0. The minimum Gasteiger partial charge on any atom is -0.349 e. The Labute approximate surface area is 209 Å². The minimum atomic E-state index is -0.735. The van der Waals surface area contributed by atoms with Crippen LogP contribution in [0.5, 0.6) is 0 Å². The van der Waals surface area contributed by atoms with Crippen LogP contribution in [-0.4, -0.2) is 33.2 Å². The molecule has 0 saturated carbocycles. The molecule has 1 aromatic heterocycles. The molecule has 7 nitrogen and oxygen atoms in total. The lowest BCUT2D eigenvalue weighted by Gasteiger charge is -2.24. The van der Waals surface area contributed by atoms with Crippen molar-refractivity contribution in [3.05, 3.63) is 68.0 Å². The van der Waals surface area contributed by atoms with Crippen LogP contribution in [0.3, 0.4) is 0 Å². The van der Waals surface area contributed by atoms with Gasteiger partial charge in [-0.1, -0.05) is 41.9 Å². The topological polar surface area (TPSA) is 71.7 Å². The third-order valence-electron chi connectivity index (χ3n) is 6.64. The first-order chi connectivity index (χ1) is 16.5. The lowest BCUT2D eigenvalue weighted by atomic mass is 10.1. The van der Waals surface area contributed by atoms with E-state index >= 15 is 0 Å². The van der Waals surface area contributed by atoms with E-state index in [1.807, 2.05) is 33.8 Å². The van der Waals surface area contributed by atoms with Gasteiger partial charge in [-0.15, -0.1) is 0 Å². The predicted molar refractivity (Wildman–Crippen MR) is 138 cm³/mol. The summed E-state index contributed by atoms with van der Waals surface area (Å²) in [5, 5.41) is 0. The summed E-state index contributed by atoms with van der Waals surface area (Å²) in [6.45, 7) is 14.4. The predicted octanol–water partition coefficient (Wildman–Crippen LogP) is 5.26. The molecule has 0 aliphatic carbocycles. The van der Waals surface area contributed by atoms with Crippen LogP contribution in [0.2, 0.25) is 0 Å². The van der Waals surface area contributed by atoms with E-state index in [0.717, 1.165) is 37.7 Å². The van der Waals surface area contributed by atoms with E-state index in [2.05, 4.69) is 32.9 Å². The molecule has 0 amide bonds. The van der Waals surface area contributed by atoms with Gasteiger partial charge in [0, 0.05) is 18.8 Å². The summed E-state index contributed by atoms with van der Waals surface area (Å²) < 4.78 is 21.0. The Morgan fingerprint density at radius 1 is 0.971 bits per heavy atom. The maximum absolute atomic E-state index is 13.3. The van der Waals surface area contributed by atoms with Gasteiger partial charge >= 0.3 is 5.69 Å². The molecule has 2 aliphatic rings. The average Bonchev–Trinajstić information content (AvgIpc) is 3.26. The highest BCUT2D eigenvalue weighted by Crippen LogP contribution is 2.43. The zero-order valence-corrected chi connectivity index (χ0v) is 22.4. The van der Waals surface area contributed by atoms with Gasteiger partial charge in [0.05, 0.1) is 6.10 Å². The van der Waals surface area contributed by atoms with E-state index in [0.29, 0.717) is 0 Å². The van der Waals surface area contributed by atoms with Crippen molar-refractivity contribution in [1.82, 2.24) is 9.13 Å². The smallest absolute Gasteiger partial charge is 0.333 e. The van der Waals surface area contributed by atoms with Crippen molar-refractivity contribution in [2.24, 2.45) is 0 Å². The maximum Gasteiger partial charge on any atom is 0.333 e. The molecule has 4 atom stereocenters. The third-order valence-corrected chi connectivity index (χ3v) is 6.64. The van der Waals surface area contributed by atoms with Crippen molar-refractivity contribution in [3.8, 4) is 0 Å². The molecule has 194 valence electrons. The van der Waals surface area contributed by atoms with Crippen LogP contribution < -0.4 is 11.2 Å². The van der Waals surface area contributed by atoms with E-state index in [1.165, 1.54) is 32.5 Å². The molecule has 0 aromatic carbocycles. The Morgan fingerprint density at radius 2 is 1.60 bits per heavy atom. The summed E-state index contributed by atoms with van der Waals surface area (Å²) in [6.07, 6.45) is 11.3. The average molecular weight is 487 g/mol. The van der Waals surface area contributed by atoms with Gasteiger partial charge in [-0.25, -0.2) is 4.79 Å². The molecule has 0 spiro atoms. The lowest BCUT2D eigenvalue weighted by molar-refractivity contribution is -0.197.